The molecule has 0 amide bonds. The Kier molecular flexibility index (Phi) is 75.1. The molecule has 0 aliphatic heterocycles. The molecule has 5 N–H and O–H groups in total. The maximum atomic E-state index is 11.0. The predicted octanol–water partition coefficient (Wildman–Crippen LogP) is 1.93. The van der Waals surface area contributed by atoms with Crippen molar-refractivity contribution < 1.29 is 157 Å². The van der Waals surface area contributed by atoms with Crippen molar-refractivity contribution in [2.24, 2.45) is 0 Å². The van der Waals surface area contributed by atoms with Crippen LogP contribution in [0.1, 0.15) is 54.2 Å². The number of benzene rings is 2. The fourth-order valence-corrected chi connectivity index (χ4v) is 5.01. The van der Waals surface area contributed by atoms with Gasteiger partial charge in [-0.3, -0.25) is 9.59 Å². The summed E-state index contributed by atoms with van der Waals surface area (Å²) < 4.78 is 0. The van der Waals surface area contributed by atoms with E-state index in [-0.39, 0.29) is 156 Å². The number of hydrogen-bond donors (Lipinski definition) is 4. The van der Waals surface area contributed by atoms with Gasteiger partial charge in [0.1, 0.15) is 11.0 Å². The molecule has 5 atom stereocenters. The van der Waals surface area contributed by atoms with E-state index in [1.807, 2.05) is 18.2 Å². The molecule has 0 aliphatic carbocycles. The molecular formula is C24H41NaO7P5V5-. The van der Waals surface area contributed by atoms with Crippen LogP contribution in [-0.4, -0.2) is 43.4 Å². The van der Waals surface area contributed by atoms with Gasteiger partial charge < -0.3 is 25.3 Å². The van der Waals surface area contributed by atoms with Crippen LogP contribution in [0.3, 0.4) is 0 Å². The van der Waals surface area contributed by atoms with E-state index in [1.165, 1.54) is 26.2 Å². The van der Waals surface area contributed by atoms with Gasteiger partial charge in [0, 0.05) is 130 Å². The quantitative estimate of drug-likeness (QED) is 0.154. The van der Waals surface area contributed by atoms with Crippen LogP contribution < -0.4 is 29.6 Å². The van der Waals surface area contributed by atoms with Crippen molar-refractivity contribution >= 4 is 55.3 Å². The van der Waals surface area contributed by atoms with E-state index in [4.69, 9.17) is 19.8 Å². The van der Waals surface area contributed by atoms with Crippen LogP contribution in [0, 0.1) is 6.92 Å². The summed E-state index contributed by atoms with van der Waals surface area (Å²) in [6.07, 6.45) is 4.03. The Labute approximate surface area is 344 Å². The van der Waals surface area contributed by atoms with Crippen molar-refractivity contribution in [3.05, 3.63) is 76.7 Å². The van der Waals surface area contributed by atoms with Gasteiger partial charge in [-0.2, -0.15) is 24.6 Å². The predicted molar refractivity (Wildman–Crippen MR) is 163 cm³/mol. The molecular weight excluding hydrogens is 833 g/mol. The second-order valence-electron chi connectivity index (χ2n) is 7.16. The van der Waals surface area contributed by atoms with E-state index in [0.29, 0.717) is 29.5 Å². The Morgan fingerprint density at radius 1 is 0.667 bits per heavy atom. The largest absolute Gasteiger partial charge is 1.00 e. The fraction of sp³-hybridized carbons (Fsp3) is 0.375. The number of aliphatic hydroxyl groups excluding tert-OH is 1. The molecule has 231 valence electrons. The summed E-state index contributed by atoms with van der Waals surface area (Å²) in [5, 5.41) is 7.00. The molecule has 0 saturated carbocycles. The summed E-state index contributed by atoms with van der Waals surface area (Å²) in [5.74, 6) is 0. The molecule has 0 heterocycles. The second kappa shape index (κ2) is 46.6. The van der Waals surface area contributed by atoms with Gasteiger partial charge in [0.15, 0.2) is 0 Å². The molecule has 5 radical (unpaired) electrons. The number of rotatable bonds is 11. The molecule has 2 aromatic carbocycles. The summed E-state index contributed by atoms with van der Waals surface area (Å²) in [7, 11) is 3.01. The third-order valence-corrected chi connectivity index (χ3v) is 7.58. The van der Waals surface area contributed by atoms with Crippen LogP contribution in [0.15, 0.2) is 36.4 Å². The normalized spacial score (nSPS) is 9.07. The Morgan fingerprint density at radius 3 is 1.17 bits per heavy atom. The van der Waals surface area contributed by atoms with Crippen molar-refractivity contribution in [2.75, 3.05) is 7.11 Å². The number of hydrogen-bond acceptors (Lipinski definition) is 7. The third kappa shape index (κ3) is 38.0. The Bertz CT molecular complexity index is 835. The average Bonchev–Trinajstić information content (AvgIpc) is 2.84. The summed E-state index contributed by atoms with van der Waals surface area (Å²) >= 11 is 0. The minimum Gasteiger partial charge on any atom is -0.870 e. The molecule has 2 aromatic rings. The van der Waals surface area contributed by atoms with E-state index in [2.05, 4.69) is 32.0 Å². The summed E-state index contributed by atoms with van der Waals surface area (Å²) in [4.78, 5) is 46.6. The zero-order valence-corrected chi connectivity index (χ0v) is 38.7. The molecule has 0 bridgehead atoms. The van der Waals surface area contributed by atoms with Crippen molar-refractivity contribution in [1.29, 1.82) is 0 Å². The second-order valence-corrected chi connectivity index (χ2v) is 11.3. The minimum atomic E-state index is -0.0580. The Hall–Kier alpha value is 3.52. The zero-order valence-electron chi connectivity index (χ0n) is 24.6. The first-order valence-corrected chi connectivity index (χ1v) is 16.0. The summed E-state index contributed by atoms with van der Waals surface area (Å²) in [6.45, 7) is 9.26. The molecule has 42 heavy (non-hydrogen) atoms. The van der Waals surface area contributed by atoms with E-state index in [1.54, 1.807) is 13.8 Å². The van der Waals surface area contributed by atoms with E-state index < -0.39 is 0 Å². The van der Waals surface area contributed by atoms with Crippen LogP contribution in [0.5, 0.6) is 0 Å². The average molecular weight is 874 g/mol. The number of aryl methyl sites for hydroxylation is 1. The topological polar surface area (TPSA) is 145 Å². The molecule has 2 rings (SSSR count). The number of carbonyl (C=O) groups excluding carboxylic acids is 2. The van der Waals surface area contributed by atoms with Gasteiger partial charge in [-0.25, -0.2) is 0 Å². The van der Waals surface area contributed by atoms with Gasteiger partial charge in [-0.1, -0.05) is 42.3 Å². The summed E-state index contributed by atoms with van der Waals surface area (Å²) in [6, 6.07) is 12.4. The van der Waals surface area contributed by atoms with Crippen LogP contribution in [0.2, 0.25) is 0 Å². The molecule has 0 spiro atoms. The molecule has 5 unspecified atom stereocenters. The molecule has 0 aromatic heterocycles. The van der Waals surface area contributed by atoms with Crippen molar-refractivity contribution in [3.8, 4) is 0 Å². The standard InChI is InChI=1S/C14H20O2P2.C9H13O2P2.CH4O.Na.H3OP.H2O.5V/c1-4-12-5-13(8-17-10(2)15)7-14(6-12)9-18-11(3)16;1-7-2-8(5-12-10)4-9(3-7)6-13-11;1-2;;1-2;;;;;;/h5-7,17-18H,4,8-9H2,1-3H3;2-4,10-13H,1,5-6H2;2H,1H3;;1H,2H2;1H2;;;;;/q;-1;;+1;;;;;;;/p-1. The van der Waals surface area contributed by atoms with Crippen molar-refractivity contribution in [2.45, 2.75) is 51.8 Å². The number of aliphatic hydroxyl groups is 1. The van der Waals surface area contributed by atoms with E-state index in [9.17, 15) is 9.59 Å². The van der Waals surface area contributed by atoms with Crippen molar-refractivity contribution in [1.82, 2.24) is 0 Å². The molecule has 18 heteroatoms. The number of carbonyl (C=O) groups is 2. The molecule has 0 aliphatic rings. The first-order valence-electron chi connectivity index (χ1n) is 10.8. The van der Waals surface area contributed by atoms with Gasteiger partial charge in [0.05, 0.1) is 0 Å². The van der Waals surface area contributed by atoms with Crippen LogP contribution in [0.25, 0.3) is 0 Å². The first-order chi connectivity index (χ1) is 16.8. The van der Waals surface area contributed by atoms with Crippen LogP contribution in [-0.2, 0) is 133 Å². The fourth-order valence-electron chi connectivity index (χ4n) is 2.93. The van der Waals surface area contributed by atoms with Crippen LogP contribution >= 0.6 is 44.2 Å². The maximum absolute atomic E-state index is 11.0. The smallest absolute Gasteiger partial charge is 0.870 e. The van der Waals surface area contributed by atoms with Gasteiger partial charge in [0.2, 0.25) is 0 Å². The monoisotopic (exact) mass is 874 g/mol. The van der Waals surface area contributed by atoms with Gasteiger partial charge in [-0.05, 0) is 75.9 Å². The minimum absolute atomic E-state index is 0. The summed E-state index contributed by atoms with van der Waals surface area (Å²) in [5.41, 5.74) is 7.40. The van der Waals surface area contributed by atoms with Crippen LogP contribution in [0.4, 0.5) is 0 Å². The third-order valence-electron chi connectivity index (χ3n) is 4.28. The maximum Gasteiger partial charge on any atom is 1.00 e. The van der Waals surface area contributed by atoms with Gasteiger partial charge >= 0.3 is 29.6 Å². The Morgan fingerprint density at radius 2 is 0.929 bits per heavy atom. The first kappa shape index (κ1) is 67.6. The molecule has 7 nitrogen and oxygen atoms in total. The van der Waals surface area contributed by atoms with Gasteiger partial charge in [0.25, 0.3) is 0 Å². The van der Waals surface area contributed by atoms with E-state index in [0.717, 1.165) is 42.5 Å². The van der Waals surface area contributed by atoms with E-state index >= 15 is 0 Å². The van der Waals surface area contributed by atoms with Crippen molar-refractivity contribution in [3.63, 3.8) is 0 Å². The molecule has 0 saturated heterocycles. The van der Waals surface area contributed by atoms with Gasteiger partial charge in [-0.15, -0.1) is 0 Å². The SMILES string of the molecule is CCc1cc(CPC(C)=O)cc(CPC(C)=O)c1.CO.OP.[CH2-]c1cc(CPO)cc(CPO)c1.[Na+].[OH-].[V].[V].[V].[V].[V]. The zero-order chi connectivity index (χ0) is 27.2. The molecule has 0 fully saturated rings. The Balaban J connectivity index is -0.0000000588.